The van der Waals surface area contributed by atoms with E-state index in [2.05, 4.69) is 40.2 Å². The van der Waals surface area contributed by atoms with E-state index in [0.717, 1.165) is 18.9 Å². The first-order valence-electron chi connectivity index (χ1n) is 10.00. The maximum Gasteiger partial charge on any atom is 0.341 e. The third-order valence-corrected chi connectivity index (χ3v) is 6.30. The smallest absolute Gasteiger partial charge is 0.341 e. The summed E-state index contributed by atoms with van der Waals surface area (Å²) < 4.78 is 17.8. The van der Waals surface area contributed by atoms with E-state index in [1.54, 1.807) is 18.4 Å². The summed E-state index contributed by atoms with van der Waals surface area (Å²) >= 11 is 0. The van der Waals surface area contributed by atoms with Crippen molar-refractivity contribution in [3.63, 3.8) is 0 Å². The van der Waals surface area contributed by atoms with E-state index in [1.807, 2.05) is 6.08 Å². The van der Waals surface area contributed by atoms with Gasteiger partial charge < -0.3 is 9.47 Å². The molecule has 158 valence electrons. The van der Waals surface area contributed by atoms with Crippen LogP contribution in [0.15, 0.2) is 10.7 Å². The molecule has 0 saturated heterocycles. The first kappa shape index (κ1) is 21.4. The van der Waals surface area contributed by atoms with Crippen molar-refractivity contribution < 1.29 is 18.9 Å². The Kier molecular flexibility index (Phi) is 6.63. The molecule has 1 aliphatic rings. The molecule has 0 aromatic carbocycles. The molecule has 1 saturated carbocycles. The summed E-state index contributed by atoms with van der Waals surface area (Å²) in [6.45, 7) is 11.6. The Hall–Kier alpha value is -2.33. The molecule has 0 spiro atoms. The molecule has 0 amide bonds. The number of esters is 1. The highest BCUT2D eigenvalue weighted by Gasteiger charge is 2.29. The molecule has 3 rings (SSSR count). The highest BCUT2D eigenvalue weighted by atomic mass is 28.3. The fraction of sp³-hybridized carbons (Fsp3) is 0.632. The number of nitrogens with zero attached hydrogens (tertiary/aromatic N) is 5. The van der Waals surface area contributed by atoms with Crippen molar-refractivity contribution in [2.45, 2.75) is 59.1 Å². The van der Waals surface area contributed by atoms with Crippen LogP contribution in [0.25, 0.3) is 17.1 Å². The molecule has 0 unspecified atom stereocenters. The largest absolute Gasteiger partial charge is 0.462 e. The molecular weight excluding hydrogens is 390 g/mol. The molecule has 29 heavy (non-hydrogen) atoms. The van der Waals surface area contributed by atoms with Crippen molar-refractivity contribution in [2.24, 2.45) is 5.92 Å². The molecule has 2 aromatic rings. The van der Waals surface area contributed by atoms with Crippen LogP contribution in [0.5, 0.6) is 0 Å². The van der Waals surface area contributed by atoms with Gasteiger partial charge in [0.2, 0.25) is 0 Å². The lowest BCUT2D eigenvalue weighted by molar-refractivity contribution is -0.136. The molecular formula is C19H29N5O4Si. The second-order valence-electron chi connectivity index (χ2n) is 8.46. The molecule has 9 nitrogen and oxygen atoms in total. The Morgan fingerprint density at radius 3 is 2.62 bits per heavy atom. The van der Waals surface area contributed by atoms with Crippen molar-refractivity contribution in [3.8, 4) is 11.5 Å². The zero-order valence-electron chi connectivity index (χ0n) is 17.8. The van der Waals surface area contributed by atoms with Gasteiger partial charge in [0.15, 0.2) is 17.3 Å². The molecule has 2 heterocycles. The van der Waals surface area contributed by atoms with Gasteiger partial charge in [-0.3, -0.25) is 4.57 Å². The van der Waals surface area contributed by atoms with Crippen molar-refractivity contribution >= 4 is 19.6 Å². The van der Waals surface area contributed by atoms with Gasteiger partial charge in [0.05, 0.1) is 6.61 Å². The van der Waals surface area contributed by atoms with Crippen molar-refractivity contribution in [3.05, 3.63) is 17.6 Å². The van der Waals surface area contributed by atoms with Crippen LogP contribution in [-0.4, -0.2) is 52.3 Å². The SMILES string of the molecule is CCOC(=O)C(=CC1CC1)c1nnc(-c2nonc2C)n1COCC[Si](C)(C)C. The van der Waals surface area contributed by atoms with Crippen LogP contribution in [0.3, 0.4) is 0 Å². The quantitative estimate of drug-likeness (QED) is 0.250. The summed E-state index contributed by atoms with van der Waals surface area (Å²) in [6.07, 6.45) is 4.05. The molecule has 10 heteroatoms. The summed E-state index contributed by atoms with van der Waals surface area (Å²) in [5, 5.41) is 16.3. The molecule has 0 N–H and O–H groups in total. The van der Waals surface area contributed by atoms with E-state index in [9.17, 15) is 4.79 Å². The molecule has 0 bridgehead atoms. The maximum atomic E-state index is 12.6. The first-order valence-corrected chi connectivity index (χ1v) is 13.7. The average Bonchev–Trinajstić information content (AvgIpc) is 3.23. The first-order chi connectivity index (χ1) is 13.8. The van der Waals surface area contributed by atoms with Gasteiger partial charge in [-0.2, -0.15) is 0 Å². The lowest BCUT2D eigenvalue weighted by Gasteiger charge is -2.16. The van der Waals surface area contributed by atoms with Gasteiger partial charge in [-0.05, 0) is 43.8 Å². The number of aromatic nitrogens is 5. The van der Waals surface area contributed by atoms with E-state index >= 15 is 0 Å². The Balaban J connectivity index is 1.94. The second-order valence-corrected chi connectivity index (χ2v) is 14.1. The van der Waals surface area contributed by atoms with Crippen LogP contribution in [0.2, 0.25) is 25.7 Å². The lowest BCUT2D eigenvalue weighted by Crippen LogP contribution is -2.22. The molecule has 1 fully saturated rings. The summed E-state index contributed by atoms with van der Waals surface area (Å²) in [7, 11) is -1.22. The predicted molar refractivity (Wildman–Crippen MR) is 109 cm³/mol. The van der Waals surface area contributed by atoms with Gasteiger partial charge in [0.25, 0.3) is 0 Å². The standard InChI is InChI=1S/C19H29N5O4Si/c1-6-27-19(25)15(11-14-7-8-14)17-20-21-18(16-13(2)22-28-23-16)24(17)12-26-9-10-29(3,4)5/h11,14H,6-10,12H2,1-5H3. The Morgan fingerprint density at radius 1 is 1.28 bits per heavy atom. The summed E-state index contributed by atoms with van der Waals surface area (Å²) in [4.78, 5) is 12.6. The van der Waals surface area contributed by atoms with Gasteiger partial charge >= 0.3 is 5.97 Å². The normalized spacial score (nSPS) is 15.0. The van der Waals surface area contributed by atoms with Gasteiger partial charge in [0.1, 0.15) is 18.0 Å². The number of aryl methyl sites for hydroxylation is 1. The van der Waals surface area contributed by atoms with Crippen LogP contribution >= 0.6 is 0 Å². The van der Waals surface area contributed by atoms with Crippen LogP contribution < -0.4 is 0 Å². The summed E-state index contributed by atoms with van der Waals surface area (Å²) in [5.41, 5.74) is 1.49. The van der Waals surface area contributed by atoms with Gasteiger partial charge in [0, 0.05) is 14.7 Å². The molecule has 0 aliphatic heterocycles. The monoisotopic (exact) mass is 419 g/mol. The van der Waals surface area contributed by atoms with Crippen molar-refractivity contribution in [2.75, 3.05) is 13.2 Å². The van der Waals surface area contributed by atoms with Gasteiger partial charge in [-0.1, -0.05) is 30.9 Å². The van der Waals surface area contributed by atoms with Crippen LogP contribution in [0.1, 0.15) is 31.3 Å². The van der Waals surface area contributed by atoms with Gasteiger partial charge in [-0.15, -0.1) is 10.2 Å². The van der Waals surface area contributed by atoms with Crippen molar-refractivity contribution in [1.82, 2.24) is 25.1 Å². The van der Waals surface area contributed by atoms with Crippen LogP contribution in [-0.2, 0) is 21.0 Å². The third kappa shape index (κ3) is 5.60. The van der Waals surface area contributed by atoms with E-state index in [0.29, 0.717) is 47.7 Å². The molecule has 0 atom stereocenters. The summed E-state index contributed by atoms with van der Waals surface area (Å²) in [5.74, 6) is 0.835. The van der Waals surface area contributed by atoms with Crippen LogP contribution in [0.4, 0.5) is 0 Å². The average molecular weight is 420 g/mol. The number of carbonyl (C=O) groups is 1. The third-order valence-electron chi connectivity index (χ3n) is 4.59. The lowest BCUT2D eigenvalue weighted by atomic mass is 10.2. The topological polar surface area (TPSA) is 105 Å². The molecule has 1 aliphatic carbocycles. The Bertz CT molecular complexity index is 880. The summed E-state index contributed by atoms with van der Waals surface area (Å²) in [6, 6.07) is 1.03. The zero-order chi connectivity index (χ0) is 21.0. The number of hydrogen-bond acceptors (Lipinski definition) is 8. The molecule has 2 aromatic heterocycles. The molecule has 0 radical (unpaired) electrons. The number of hydrogen-bond donors (Lipinski definition) is 0. The van der Waals surface area contributed by atoms with Crippen molar-refractivity contribution in [1.29, 1.82) is 0 Å². The minimum atomic E-state index is -1.22. The van der Waals surface area contributed by atoms with Crippen LogP contribution in [0, 0.1) is 12.8 Å². The maximum absolute atomic E-state index is 12.6. The number of allylic oxidation sites excluding steroid dienone is 1. The minimum absolute atomic E-state index is 0.204. The number of rotatable bonds is 10. The van der Waals surface area contributed by atoms with E-state index in [-0.39, 0.29) is 6.73 Å². The number of carbonyl (C=O) groups excluding carboxylic acids is 1. The predicted octanol–water partition coefficient (Wildman–Crippen LogP) is 3.31. The zero-order valence-corrected chi connectivity index (χ0v) is 18.8. The van der Waals surface area contributed by atoms with E-state index in [4.69, 9.17) is 14.1 Å². The number of ether oxygens (including phenoxy) is 2. The second kappa shape index (κ2) is 9.00. The Labute approximate surface area is 171 Å². The Morgan fingerprint density at radius 2 is 2.03 bits per heavy atom. The fourth-order valence-electron chi connectivity index (χ4n) is 2.71. The highest BCUT2D eigenvalue weighted by Crippen LogP contribution is 2.34. The minimum Gasteiger partial charge on any atom is -0.462 e. The highest BCUT2D eigenvalue weighted by molar-refractivity contribution is 6.76. The van der Waals surface area contributed by atoms with Gasteiger partial charge in [-0.25, -0.2) is 9.42 Å². The van der Waals surface area contributed by atoms with E-state index in [1.165, 1.54) is 0 Å². The fourth-order valence-corrected chi connectivity index (χ4v) is 3.47. The van der Waals surface area contributed by atoms with E-state index < -0.39 is 14.0 Å².